The molecule has 3 amide bonds. The summed E-state index contributed by atoms with van der Waals surface area (Å²) in [5.74, 6) is -1.16. The number of fused-ring (bicyclic) bond motifs is 1. The number of imide groups is 1. The van der Waals surface area contributed by atoms with Crippen molar-refractivity contribution in [2.75, 3.05) is 6.61 Å². The summed E-state index contributed by atoms with van der Waals surface area (Å²) >= 11 is 0. The number of hydrogen-bond acceptors (Lipinski definition) is 4. The van der Waals surface area contributed by atoms with Crippen molar-refractivity contribution in [1.29, 1.82) is 0 Å². The Labute approximate surface area is 103 Å². The number of carbonyl (C=O) groups is 3. The maximum atomic E-state index is 11.8. The molecule has 0 saturated carbocycles. The summed E-state index contributed by atoms with van der Waals surface area (Å²) in [6.07, 6.45) is 0.492. The van der Waals surface area contributed by atoms with Crippen LogP contribution in [0.5, 0.6) is 0 Å². The molecule has 1 N–H and O–H groups in total. The van der Waals surface area contributed by atoms with Gasteiger partial charge in [0.15, 0.2) is 0 Å². The van der Waals surface area contributed by atoms with Gasteiger partial charge in [-0.3, -0.25) is 9.59 Å². The van der Waals surface area contributed by atoms with Gasteiger partial charge in [0.05, 0.1) is 11.1 Å². The highest BCUT2D eigenvalue weighted by Crippen LogP contribution is 2.20. The zero-order valence-electron chi connectivity index (χ0n) is 9.38. The van der Waals surface area contributed by atoms with Gasteiger partial charge >= 0.3 is 6.09 Å². The molecular formula is C12H10N2O4. The molecule has 0 spiro atoms. The van der Waals surface area contributed by atoms with E-state index in [1.165, 1.54) is 18.2 Å². The van der Waals surface area contributed by atoms with Gasteiger partial charge in [-0.25, -0.2) is 10.2 Å². The van der Waals surface area contributed by atoms with Gasteiger partial charge in [0.1, 0.15) is 6.61 Å². The number of ether oxygens (including phenoxy) is 1. The van der Waals surface area contributed by atoms with E-state index in [-0.39, 0.29) is 17.7 Å². The monoisotopic (exact) mass is 246 g/mol. The summed E-state index contributed by atoms with van der Waals surface area (Å²) in [6.45, 7) is 3.37. The smallest absolute Gasteiger partial charge is 0.426 e. The van der Waals surface area contributed by atoms with E-state index in [0.29, 0.717) is 5.01 Å². The van der Waals surface area contributed by atoms with Gasteiger partial charge in [0, 0.05) is 0 Å². The van der Waals surface area contributed by atoms with Crippen molar-refractivity contribution in [3.8, 4) is 0 Å². The van der Waals surface area contributed by atoms with Crippen LogP contribution in [-0.4, -0.2) is 29.5 Å². The lowest BCUT2D eigenvalue weighted by Gasteiger charge is -2.14. The molecule has 0 aliphatic carbocycles. The third-order valence-corrected chi connectivity index (χ3v) is 2.33. The Morgan fingerprint density at radius 2 is 1.83 bits per heavy atom. The Kier molecular flexibility index (Phi) is 3.09. The quantitative estimate of drug-likeness (QED) is 0.640. The van der Waals surface area contributed by atoms with E-state index in [4.69, 9.17) is 0 Å². The lowest BCUT2D eigenvalue weighted by Crippen LogP contribution is -2.46. The van der Waals surface area contributed by atoms with Crippen LogP contribution in [0.3, 0.4) is 0 Å². The van der Waals surface area contributed by atoms with Crippen LogP contribution < -0.4 is 5.43 Å². The first-order valence-corrected chi connectivity index (χ1v) is 5.17. The van der Waals surface area contributed by atoms with Crippen LogP contribution in [-0.2, 0) is 4.74 Å². The van der Waals surface area contributed by atoms with Crippen molar-refractivity contribution in [2.45, 2.75) is 0 Å². The molecule has 92 valence electrons. The molecular weight excluding hydrogens is 236 g/mol. The van der Waals surface area contributed by atoms with Gasteiger partial charge < -0.3 is 4.74 Å². The van der Waals surface area contributed by atoms with Gasteiger partial charge in [-0.15, -0.1) is 0 Å². The molecule has 0 radical (unpaired) electrons. The van der Waals surface area contributed by atoms with Gasteiger partial charge in [0.25, 0.3) is 11.8 Å². The van der Waals surface area contributed by atoms with Crippen LogP contribution in [0.15, 0.2) is 36.9 Å². The highest BCUT2D eigenvalue weighted by Gasteiger charge is 2.36. The molecule has 0 atom stereocenters. The Bertz CT molecular complexity index is 504. The second-order valence-electron chi connectivity index (χ2n) is 3.49. The number of nitrogens with one attached hydrogen (secondary N) is 1. The molecule has 0 unspecified atom stereocenters. The van der Waals surface area contributed by atoms with Crippen molar-refractivity contribution < 1.29 is 19.1 Å². The number of carbonyl (C=O) groups excluding carboxylic acids is 3. The maximum Gasteiger partial charge on any atom is 0.426 e. The summed E-state index contributed by atoms with van der Waals surface area (Å²) < 4.78 is 4.63. The first-order valence-electron chi connectivity index (χ1n) is 5.17. The number of amides is 3. The molecule has 6 heteroatoms. The summed E-state index contributed by atoms with van der Waals surface area (Å²) in [6, 6.07) is 6.33. The van der Waals surface area contributed by atoms with Crippen molar-refractivity contribution in [2.24, 2.45) is 0 Å². The second kappa shape index (κ2) is 4.70. The zero-order valence-corrected chi connectivity index (χ0v) is 9.38. The molecule has 2 rings (SSSR count). The van der Waals surface area contributed by atoms with E-state index in [9.17, 15) is 14.4 Å². The predicted molar refractivity (Wildman–Crippen MR) is 61.6 cm³/mol. The minimum Gasteiger partial charge on any atom is -0.444 e. The number of nitrogens with zero attached hydrogens (tertiary/aromatic N) is 1. The maximum absolute atomic E-state index is 11.8. The number of hydrazine groups is 1. The van der Waals surface area contributed by atoms with E-state index in [1.807, 2.05) is 0 Å². The van der Waals surface area contributed by atoms with Crippen molar-refractivity contribution in [1.82, 2.24) is 10.4 Å². The molecule has 1 aromatic rings. The predicted octanol–water partition coefficient (Wildman–Crippen LogP) is 1.11. The van der Waals surface area contributed by atoms with Crippen molar-refractivity contribution in [3.05, 3.63) is 48.0 Å². The number of benzene rings is 1. The Hall–Kier alpha value is -2.63. The lowest BCUT2D eigenvalue weighted by molar-refractivity contribution is 0.0537. The average molecular weight is 246 g/mol. The van der Waals surface area contributed by atoms with Crippen molar-refractivity contribution >= 4 is 17.9 Å². The third-order valence-electron chi connectivity index (χ3n) is 2.33. The third kappa shape index (κ3) is 1.95. The fraction of sp³-hybridized carbons (Fsp3) is 0.0833. The fourth-order valence-corrected chi connectivity index (χ4v) is 1.55. The van der Waals surface area contributed by atoms with Crippen LogP contribution in [0, 0.1) is 0 Å². The highest BCUT2D eigenvalue weighted by molar-refractivity contribution is 6.21. The molecule has 1 heterocycles. The molecule has 1 aromatic carbocycles. The standard InChI is InChI=1S/C12H10N2O4/c1-2-7-18-12(17)13-14-10(15)8-5-3-4-6-9(8)11(14)16/h2-6H,1,7H2,(H,13,17). The molecule has 1 aliphatic heterocycles. The normalized spacial score (nSPS) is 13.2. The summed E-state index contributed by atoms with van der Waals surface area (Å²) in [4.78, 5) is 34.9. The fourth-order valence-electron chi connectivity index (χ4n) is 1.55. The van der Waals surface area contributed by atoms with Crippen LogP contribution in [0.2, 0.25) is 0 Å². The Morgan fingerprint density at radius 1 is 1.28 bits per heavy atom. The topological polar surface area (TPSA) is 75.7 Å². The average Bonchev–Trinajstić information content (AvgIpc) is 2.62. The van der Waals surface area contributed by atoms with Gasteiger partial charge in [-0.05, 0) is 12.1 Å². The van der Waals surface area contributed by atoms with Gasteiger partial charge in [-0.2, -0.15) is 5.01 Å². The van der Waals surface area contributed by atoms with E-state index in [2.05, 4.69) is 16.7 Å². The van der Waals surface area contributed by atoms with Crippen LogP contribution in [0.25, 0.3) is 0 Å². The zero-order chi connectivity index (χ0) is 13.1. The van der Waals surface area contributed by atoms with E-state index >= 15 is 0 Å². The molecule has 6 nitrogen and oxygen atoms in total. The lowest BCUT2D eigenvalue weighted by atomic mass is 10.1. The summed E-state index contributed by atoms with van der Waals surface area (Å²) in [5, 5.41) is 0.635. The molecule has 0 saturated heterocycles. The first-order chi connectivity index (χ1) is 8.65. The van der Waals surface area contributed by atoms with Crippen LogP contribution in [0.1, 0.15) is 20.7 Å². The molecule has 18 heavy (non-hydrogen) atoms. The Morgan fingerprint density at radius 3 is 2.33 bits per heavy atom. The highest BCUT2D eigenvalue weighted by atomic mass is 16.6. The van der Waals surface area contributed by atoms with Gasteiger partial charge in [-0.1, -0.05) is 24.8 Å². The number of rotatable bonds is 3. The summed E-state index contributed by atoms with van der Waals surface area (Å²) in [7, 11) is 0. The van der Waals surface area contributed by atoms with E-state index in [1.54, 1.807) is 12.1 Å². The van der Waals surface area contributed by atoms with Crippen LogP contribution in [0.4, 0.5) is 4.79 Å². The molecule has 1 aliphatic rings. The minimum absolute atomic E-state index is 0.00496. The largest absolute Gasteiger partial charge is 0.444 e. The van der Waals surface area contributed by atoms with E-state index < -0.39 is 17.9 Å². The molecule has 0 aromatic heterocycles. The minimum atomic E-state index is -0.885. The first kappa shape index (κ1) is 11.8. The Balaban J connectivity index is 2.14. The summed E-state index contributed by atoms with van der Waals surface area (Å²) in [5.41, 5.74) is 2.60. The van der Waals surface area contributed by atoms with Crippen LogP contribution >= 0.6 is 0 Å². The SMILES string of the molecule is C=CCOC(=O)NN1C(=O)c2ccccc2C1=O. The van der Waals surface area contributed by atoms with Gasteiger partial charge in [0.2, 0.25) is 0 Å². The van der Waals surface area contributed by atoms with E-state index in [0.717, 1.165) is 0 Å². The molecule has 0 bridgehead atoms. The molecule has 0 fully saturated rings. The second-order valence-corrected chi connectivity index (χ2v) is 3.49. The van der Waals surface area contributed by atoms with Crippen molar-refractivity contribution in [3.63, 3.8) is 0 Å². The number of hydrogen-bond donors (Lipinski definition) is 1.